The van der Waals surface area contributed by atoms with Crippen molar-refractivity contribution in [2.75, 3.05) is 0 Å². The maximum Gasteiger partial charge on any atom is 0.127 e. The molecule has 0 atom stereocenters. The highest BCUT2D eigenvalue weighted by molar-refractivity contribution is 9.10. The Bertz CT molecular complexity index is 422. The van der Waals surface area contributed by atoms with Gasteiger partial charge in [0.2, 0.25) is 0 Å². The number of nitrogens with zero attached hydrogens (tertiary/aromatic N) is 1. The summed E-state index contributed by atoms with van der Waals surface area (Å²) in [5, 5.41) is 3.94. The average Bonchev–Trinajstić information content (AvgIpc) is 2.52. The SMILES string of the molecule is Cc1conc1-c1ccccc1Br. The van der Waals surface area contributed by atoms with Crippen LogP contribution in [-0.4, -0.2) is 5.16 Å². The molecular formula is C10H8BrNO. The monoisotopic (exact) mass is 237 g/mol. The van der Waals surface area contributed by atoms with Gasteiger partial charge in [-0.3, -0.25) is 0 Å². The molecule has 0 saturated carbocycles. The van der Waals surface area contributed by atoms with E-state index in [-0.39, 0.29) is 0 Å². The summed E-state index contributed by atoms with van der Waals surface area (Å²) >= 11 is 3.47. The Kier molecular flexibility index (Phi) is 2.19. The number of aryl methyl sites for hydroxylation is 1. The molecule has 0 saturated heterocycles. The normalized spacial score (nSPS) is 10.3. The van der Waals surface area contributed by atoms with Gasteiger partial charge in [-0.2, -0.15) is 0 Å². The van der Waals surface area contributed by atoms with Crippen molar-refractivity contribution in [1.82, 2.24) is 5.16 Å². The first kappa shape index (κ1) is 8.51. The molecule has 0 unspecified atom stereocenters. The van der Waals surface area contributed by atoms with Crippen molar-refractivity contribution in [3.05, 3.63) is 40.6 Å². The molecule has 2 aromatic rings. The Morgan fingerprint density at radius 1 is 1.31 bits per heavy atom. The predicted molar refractivity (Wildman–Crippen MR) is 54.4 cm³/mol. The van der Waals surface area contributed by atoms with Gasteiger partial charge >= 0.3 is 0 Å². The fourth-order valence-corrected chi connectivity index (χ4v) is 1.67. The average molecular weight is 238 g/mol. The number of halogens is 1. The number of benzene rings is 1. The van der Waals surface area contributed by atoms with Gasteiger partial charge in [0, 0.05) is 15.6 Å². The van der Waals surface area contributed by atoms with E-state index in [4.69, 9.17) is 4.52 Å². The first-order chi connectivity index (χ1) is 6.29. The molecule has 2 rings (SSSR count). The smallest absolute Gasteiger partial charge is 0.127 e. The molecule has 0 radical (unpaired) electrons. The number of rotatable bonds is 1. The van der Waals surface area contributed by atoms with Crippen LogP contribution < -0.4 is 0 Å². The molecule has 1 aromatic carbocycles. The van der Waals surface area contributed by atoms with Crippen LogP contribution in [0.1, 0.15) is 5.56 Å². The minimum Gasteiger partial charge on any atom is -0.364 e. The topological polar surface area (TPSA) is 26.0 Å². The van der Waals surface area contributed by atoms with E-state index in [1.807, 2.05) is 31.2 Å². The zero-order chi connectivity index (χ0) is 9.26. The lowest BCUT2D eigenvalue weighted by molar-refractivity contribution is 0.421. The van der Waals surface area contributed by atoms with Crippen LogP contribution in [-0.2, 0) is 0 Å². The maximum atomic E-state index is 4.88. The summed E-state index contributed by atoms with van der Waals surface area (Å²) in [6, 6.07) is 7.95. The van der Waals surface area contributed by atoms with Gasteiger partial charge < -0.3 is 4.52 Å². The third-order valence-corrected chi connectivity index (χ3v) is 2.57. The minimum absolute atomic E-state index is 0.896. The van der Waals surface area contributed by atoms with Crippen molar-refractivity contribution in [2.45, 2.75) is 6.92 Å². The minimum atomic E-state index is 0.896. The van der Waals surface area contributed by atoms with Crippen LogP contribution in [0.25, 0.3) is 11.3 Å². The first-order valence-corrected chi connectivity index (χ1v) is 4.74. The second kappa shape index (κ2) is 3.34. The Labute approximate surface area is 84.7 Å². The Balaban J connectivity index is 2.59. The van der Waals surface area contributed by atoms with Crippen LogP contribution in [0.5, 0.6) is 0 Å². The number of hydrogen-bond acceptors (Lipinski definition) is 2. The Morgan fingerprint density at radius 2 is 2.08 bits per heavy atom. The standard InChI is InChI=1S/C10H8BrNO/c1-7-6-13-12-10(7)8-4-2-3-5-9(8)11/h2-6H,1H3. The number of aromatic nitrogens is 1. The molecule has 0 bridgehead atoms. The van der Waals surface area contributed by atoms with Gasteiger partial charge in [-0.1, -0.05) is 39.3 Å². The lowest BCUT2D eigenvalue weighted by Gasteiger charge is -1.99. The molecule has 0 amide bonds. The van der Waals surface area contributed by atoms with Crippen LogP contribution in [0, 0.1) is 6.92 Å². The fraction of sp³-hybridized carbons (Fsp3) is 0.100. The Hall–Kier alpha value is -1.09. The van der Waals surface area contributed by atoms with E-state index in [9.17, 15) is 0 Å². The summed E-state index contributed by atoms with van der Waals surface area (Å²) < 4.78 is 5.92. The lowest BCUT2D eigenvalue weighted by Crippen LogP contribution is -1.81. The second-order valence-corrected chi connectivity index (χ2v) is 3.68. The van der Waals surface area contributed by atoms with Crippen LogP contribution in [0.4, 0.5) is 0 Å². The maximum absolute atomic E-state index is 4.88. The molecule has 13 heavy (non-hydrogen) atoms. The summed E-state index contributed by atoms with van der Waals surface area (Å²) in [7, 11) is 0. The molecule has 1 heterocycles. The van der Waals surface area contributed by atoms with Gasteiger partial charge in [0.15, 0.2) is 0 Å². The molecule has 0 spiro atoms. The molecule has 0 N–H and O–H groups in total. The molecule has 0 fully saturated rings. The van der Waals surface area contributed by atoms with Crippen LogP contribution in [0.2, 0.25) is 0 Å². The van der Waals surface area contributed by atoms with Crippen molar-refractivity contribution in [1.29, 1.82) is 0 Å². The van der Waals surface area contributed by atoms with E-state index in [1.54, 1.807) is 6.26 Å². The number of hydrogen-bond donors (Lipinski definition) is 0. The summed E-state index contributed by atoms with van der Waals surface area (Å²) in [5.74, 6) is 0. The van der Waals surface area contributed by atoms with E-state index in [0.29, 0.717) is 0 Å². The lowest BCUT2D eigenvalue weighted by atomic mass is 10.1. The molecule has 0 aliphatic heterocycles. The van der Waals surface area contributed by atoms with Gasteiger partial charge in [0.25, 0.3) is 0 Å². The molecule has 66 valence electrons. The largest absolute Gasteiger partial charge is 0.364 e. The zero-order valence-electron chi connectivity index (χ0n) is 7.12. The molecular weight excluding hydrogens is 230 g/mol. The highest BCUT2D eigenvalue weighted by Crippen LogP contribution is 2.28. The molecule has 0 aliphatic rings. The van der Waals surface area contributed by atoms with Gasteiger partial charge in [0.1, 0.15) is 12.0 Å². The summed E-state index contributed by atoms with van der Waals surface area (Å²) in [6.45, 7) is 1.98. The zero-order valence-corrected chi connectivity index (χ0v) is 8.71. The van der Waals surface area contributed by atoms with Gasteiger partial charge in [-0.25, -0.2) is 0 Å². The quantitative estimate of drug-likeness (QED) is 0.760. The van der Waals surface area contributed by atoms with E-state index >= 15 is 0 Å². The van der Waals surface area contributed by atoms with Crippen LogP contribution in [0.3, 0.4) is 0 Å². The highest BCUT2D eigenvalue weighted by Gasteiger charge is 2.08. The van der Waals surface area contributed by atoms with Gasteiger partial charge in [-0.15, -0.1) is 0 Å². The van der Waals surface area contributed by atoms with Crippen molar-refractivity contribution >= 4 is 15.9 Å². The van der Waals surface area contributed by atoms with E-state index in [1.165, 1.54) is 0 Å². The van der Waals surface area contributed by atoms with Crippen LogP contribution in [0.15, 0.2) is 39.5 Å². The van der Waals surface area contributed by atoms with Crippen LogP contribution >= 0.6 is 15.9 Å². The fourth-order valence-electron chi connectivity index (χ4n) is 1.20. The van der Waals surface area contributed by atoms with E-state index in [2.05, 4.69) is 21.1 Å². The first-order valence-electron chi connectivity index (χ1n) is 3.95. The van der Waals surface area contributed by atoms with E-state index in [0.717, 1.165) is 21.3 Å². The van der Waals surface area contributed by atoms with E-state index < -0.39 is 0 Å². The summed E-state index contributed by atoms with van der Waals surface area (Å²) in [6.07, 6.45) is 1.65. The van der Waals surface area contributed by atoms with Crippen molar-refractivity contribution in [3.8, 4) is 11.3 Å². The van der Waals surface area contributed by atoms with Gasteiger partial charge in [-0.05, 0) is 13.0 Å². The van der Waals surface area contributed by atoms with Crippen molar-refractivity contribution in [2.24, 2.45) is 0 Å². The third-order valence-electron chi connectivity index (χ3n) is 1.88. The molecule has 0 aliphatic carbocycles. The molecule has 3 heteroatoms. The van der Waals surface area contributed by atoms with Crippen molar-refractivity contribution in [3.63, 3.8) is 0 Å². The van der Waals surface area contributed by atoms with Gasteiger partial charge in [0.05, 0.1) is 0 Å². The molecule has 2 nitrogen and oxygen atoms in total. The predicted octanol–water partition coefficient (Wildman–Crippen LogP) is 3.41. The van der Waals surface area contributed by atoms with Crippen molar-refractivity contribution < 1.29 is 4.52 Å². The second-order valence-electron chi connectivity index (χ2n) is 2.83. The highest BCUT2D eigenvalue weighted by atomic mass is 79.9. The Morgan fingerprint density at radius 3 is 2.69 bits per heavy atom. The third kappa shape index (κ3) is 1.52. The molecule has 1 aromatic heterocycles. The summed E-state index contributed by atoms with van der Waals surface area (Å²) in [4.78, 5) is 0. The summed E-state index contributed by atoms with van der Waals surface area (Å²) in [5.41, 5.74) is 3.01.